The summed E-state index contributed by atoms with van der Waals surface area (Å²) in [5.74, 6) is 0.380. The molecule has 3 N–H and O–H groups in total. The molecule has 0 spiro atoms. The van der Waals surface area contributed by atoms with Crippen molar-refractivity contribution in [3.8, 4) is 0 Å². The lowest BCUT2D eigenvalue weighted by molar-refractivity contribution is 0.629. The average Bonchev–Trinajstić information content (AvgIpc) is 2.97. The molecular formula is C12H12FN5. The Bertz CT molecular complexity index is 644. The van der Waals surface area contributed by atoms with E-state index in [0.717, 1.165) is 24.2 Å². The summed E-state index contributed by atoms with van der Waals surface area (Å²) in [5.41, 5.74) is 2.50. The average molecular weight is 245 g/mol. The number of halogens is 1. The van der Waals surface area contributed by atoms with Gasteiger partial charge in [-0.3, -0.25) is 0 Å². The van der Waals surface area contributed by atoms with Crippen LogP contribution in [0.25, 0.3) is 11.0 Å². The minimum Gasteiger partial charge on any atom is -0.355 e. The molecule has 18 heavy (non-hydrogen) atoms. The maximum absolute atomic E-state index is 13.0. The van der Waals surface area contributed by atoms with Gasteiger partial charge >= 0.3 is 0 Å². The van der Waals surface area contributed by atoms with Gasteiger partial charge in [0.05, 0.1) is 17.4 Å². The van der Waals surface area contributed by atoms with Crippen molar-refractivity contribution in [1.29, 1.82) is 0 Å². The maximum Gasteiger partial charge on any atom is 0.201 e. The largest absolute Gasteiger partial charge is 0.355 e. The van der Waals surface area contributed by atoms with Crippen molar-refractivity contribution in [2.75, 3.05) is 11.9 Å². The highest BCUT2D eigenvalue weighted by atomic mass is 19.1. The summed E-state index contributed by atoms with van der Waals surface area (Å²) >= 11 is 0. The molecule has 0 fully saturated rings. The maximum atomic E-state index is 13.0. The minimum absolute atomic E-state index is 0.268. The van der Waals surface area contributed by atoms with Crippen molar-refractivity contribution in [2.45, 2.75) is 6.42 Å². The number of rotatable bonds is 4. The van der Waals surface area contributed by atoms with E-state index in [1.807, 2.05) is 0 Å². The van der Waals surface area contributed by atoms with E-state index in [0.29, 0.717) is 11.5 Å². The molecule has 2 aromatic heterocycles. The van der Waals surface area contributed by atoms with Gasteiger partial charge in [-0.25, -0.2) is 14.4 Å². The molecule has 0 radical (unpaired) electrons. The lowest BCUT2D eigenvalue weighted by Crippen LogP contribution is -2.06. The molecule has 1 aromatic carbocycles. The molecule has 0 amide bonds. The predicted molar refractivity (Wildman–Crippen MR) is 66.8 cm³/mol. The van der Waals surface area contributed by atoms with Crippen LogP contribution in [0.5, 0.6) is 0 Å². The van der Waals surface area contributed by atoms with Crippen LogP contribution < -0.4 is 5.32 Å². The fourth-order valence-corrected chi connectivity index (χ4v) is 1.80. The summed E-state index contributed by atoms with van der Waals surface area (Å²) in [6.07, 6.45) is 4.26. The Morgan fingerprint density at radius 2 is 2.28 bits per heavy atom. The summed E-state index contributed by atoms with van der Waals surface area (Å²) in [7, 11) is 0. The number of nitrogens with one attached hydrogen (secondary N) is 3. The van der Waals surface area contributed by atoms with E-state index in [1.165, 1.54) is 12.1 Å². The van der Waals surface area contributed by atoms with Crippen LogP contribution in [-0.4, -0.2) is 26.5 Å². The molecule has 0 atom stereocenters. The van der Waals surface area contributed by atoms with E-state index in [1.54, 1.807) is 18.6 Å². The summed E-state index contributed by atoms with van der Waals surface area (Å²) in [6, 6.07) is 4.49. The molecule has 3 rings (SSSR count). The molecule has 0 saturated heterocycles. The van der Waals surface area contributed by atoms with Gasteiger partial charge in [-0.15, -0.1) is 0 Å². The van der Waals surface area contributed by atoms with Crippen molar-refractivity contribution >= 4 is 17.0 Å². The van der Waals surface area contributed by atoms with Gasteiger partial charge in [-0.2, -0.15) is 0 Å². The zero-order valence-electron chi connectivity index (χ0n) is 9.57. The van der Waals surface area contributed by atoms with E-state index in [4.69, 9.17) is 0 Å². The second-order valence-corrected chi connectivity index (χ2v) is 4.00. The van der Waals surface area contributed by atoms with E-state index in [-0.39, 0.29) is 5.82 Å². The SMILES string of the molecule is Fc1ccc2nc(NCCc3cnc[nH]3)[nH]c2c1. The van der Waals surface area contributed by atoms with E-state index >= 15 is 0 Å². The van der Waals surface area contributed by atoms with Crippen LogP contribution in [0, 0.1) is 5.82 Å². The first-order valence-corrected chi connectivity index (χ1v) is 5.68. The molecule has 0 unspecified atom stereocenters. The molecule has 5 nitrogen and oxygen atoms in total. The van der Waals surface area contributed by atoms with Gasteiger partial charge in [-0.05, 0) is 18.2 Å². The molecule has 3 aromatic rings. The first kappa shape index (κ1) is 10.8. The summed E-state index contributed by atoms with van der Waals surface area (Å²) in [4.78, 5) is 14.3. The molecule has 2 heterocycles. The van der Waals surface area contributed by atoms with Gasteiger partial charge in [0.25, 0.3) is 0 Å². The summed E-state index contributed by atoms with van der Waals surface area (Å²) in [5, 5.41) is 3.15. The highest BCUT2D eigenvalue weighted by Crippen LogP contribution is 2.15. The molecule has 0 aliphatic rings. The van der Waals surface area contributed by atoms with Crippen molar-refractivity contribution in [3.63, 3.8) is 0 Å². The standard InChI is InChI=1S/C12H12FN5/c13-8-1-2-10-11(5-8)18-12(17-10)15-4-3-9-6-14-7-16-9/h1-2,5-7H,3-4H2,(H,14,16)(H2,15,17,18). The third kappa shape index (κ3) is 2.17. The zero-order chi connectivity index (χ0) is 12.4. The van der Waals surface area contributed by atoms with Gasteiger partial charge in [0.1, 0.15) is 5.82 Å². The highest BCUT2D eigenvalue weighted by molar-refractivity contribution is 5.77. The Balaban J connectivity index is 1.67. The minimum atomic E-state index is -0.268. The van der Waals surface area contributed by atoms with Crippen molar-refractivity contribution < 1.29 is 4.39 Å². The van der Waals surface area contributed by atoms with Crippen molar-refractivity contribution in [1.82, 2.24) is 19.9 Å². The monoisotopic (exact) mass is 245 g/mol. The van der Waals surface area contributed by atoms with E-state index in [9.17, 15) is 4.39 Å². The first-order valence-electron chi connectivity index (χ1n) is 5.68. The van der Waals surface area contributed by atoms with Crippen molar-refractivity contribution in [3.05, 3.63) is 42.2 Å². The van der Waals surface area contributed by atoms with Crippen LogP contribution >= 0.6 is 0 Å². The molecule has 0 bridgehead atoms. The van der Waals surface area contributed by atoms with Crippen LogP contribution in [0.1, 0.15) is 5.69 Å². The summed E-state index contributed by atoms with van der Waals surface area (Å²) < 4.78 is 13.0. The molecule has 0 aliphatic carbocycles. The molecule has 0 aliphatic heterocycles. The number of benzene rings is 1. The molecule has 6 heteroatoms. The van der Waals surface area contributed by atoms with Gasteiger partial charge in [-0.1, -0.05) is 0 Å². The van der Waals surface area contributed by atoms with Crippen molar-refractivity contribution in [2.24, 2.45) is 0 Å². The topological polar surface area (TPSA) is 69.4 Å². The fourth-order valence-electron chi connectivity index (χ4n) is 1.80. The third-order valence-corrected chi connectivity index (χ3v) is 2.69. The summed E-state index contributed by atoms with van der Waals surface area (Å²) in [6.45, 7) is 0.727. The number of nitrogens with zero attached hydrogens (tertiary/aromatic N) is 2. The van der Waals surface area contributed by atoms with Gasteiger partial charge in [0, 0.05) is 24.9 Å². The predicted octanol–water partition coefficient (Wildman–Crippen LogP) is 2.08. The van der Waals surface area contributed by atoms with E-state index < -0.39 is 0 Å². The number of anilines is 1. The molecule has 92 valence electrons. The third-order valence-electron chi connectivity index (χ3n) is 2.69. The number of hydrogen-bond acceptors (Lipinski definition) is 3. The van der Waals surface area contributed by atoms with E-state index in [2.05, 4.69) is 25.3 Å². The Kier molecular flexibility index (Phi) is 2.68. The van der Waals surface area contributed by atoms with Gasteiger partial charge in [0.15, 0.2) is 0 Å². The van der Waals surface area contributed by atoms with Crippen LogP contribution in [-0.2, 0) is 6.42 Å². The van der Waals surface area contributed by atoms with Crippen LogP contribution in [0.3, 0.4) is 0 Å². The first-order chi connectivity index (χ1) is 8.81. The Labute approximate surface area is 102 Å². The lowest BCUT2D eigenvalue weighted by Gasteiger charge is -2.00. The fraction of sp³-hybridized carbons (Fsp3) is 0.167. The number of H-pyrrole nitrogens is 2. The number of imidazole rings is 2. The number of aromatic amines is 2. The Morgan fingerprint density at radius 3 is 3.11 bits per heavy atom. The van der Waals surface area contributed by atoms with Crippen LogP contribution in [0.4, 0.5) is 10.3 Å². The second-order valence-electron chi connectivity index (χ2n) is 4.00. The number of fused-ring (bicyclic) bond motifs is 1. The number of hydrogen-bond donors (Lipinski definition) is 3. The second kappa shape index (κ2) is 4.48. The number of aromatic nitrogens is 4. The lowest BCUT2D eigenvalue weighted by atomic mass is 10.3. The van der Waals surface area contributed by atoms with Gasteiger partial charge < -0.3 is 15.3 Å². The Hall–Kier alpha value is -2.37. The van der Waals surface area contributed by atoms with Gasteiger partial charge in [0.2, 0.25) is 5.95 Å². The van der Waals surface area contributed by atoms with Crippen LogP contribution in [0.15, 0.2) is 30.7 Å². The molecule has 0 saturated carbocycles. The highest BCUT2D eigenvalue weighted by Gasteiger charge is 2.03. The Morgan fingerprint density at radius 1 is 1.33 bits per heavy atom. The zero-order valence-corrected chi connectivity index (χ0v) is 9.57. The smallest absolute Gasteiger partial charge is 0.201 e. The quantitative estimate of drug-likeness (QED) is 0.659. The van der Waals surface area contributed by atoms with Crippen LogP contribution in [0.2, 0.25) is 0 Å². The normalized spacial score (nSPS) is 10.9. The molecular weight excluding hydrogens is 233 g/mol.